The summed E-state index contributed by atoms with van der Waals surface area (Å²) in [6, 6.07) is 9.21. The lowest BCUT2D eigenvalue weighted by molar-refractivity contribution is -0.135. The quantitative estimate of drug-likeness (QED) is 0.130. The molecule has 1 aromatic carbocycles. The van der Waals surface area contributed by atoms with Crippen LogP contribution in [0.2, 0.25) is 0 Å². The minimum atomic E-state index is -1.68. The molecule has 4 atom stereocenters. The van der Waals surface area contributed by atoms with Crippen LogP contribution in [0.1, 0.15) is 40.2 Å². The van der Waals surface area contributed by atoms with Gasteiger partial charge in [0.2, 0.25) is 0 Å². The molecule has 0 radical (unpaired) electrons. The minimum absolute atomic E-state index is 0.196. The zero-order chi connectivity index (χ0) is 32.8. The van der Waals surface area contributed by atoms with Crippen LogP contribution in [0.4, 0.5) is 0 Å². The van der Waals surface area contributed by atoms with Crippen molar-refractivity contribution in [1.29, 1.82) is 0 Å². The number of benzene rings is 1. The lowest BCUT2D eigenvalue weighted by atomic mass is 10.0. The van der Waals surface area contributed by atoms with E-state index < -0.39 is 60.9 Å². The van der Waals surface area contributed by atoms with Gasteiger partial charge in [0.15, 0.2) is 0 Å². The second-order valence-electron chi connectivity index (χ2n) is 6.83. The summed E-state index contributed by atoms with van der Waals surface area (Å²) in [5.41, 5.74) is 0.885. The van der Waals surface area contributed by atoms with Gasteiger partial charge in [-0.3, -0.25) is 24.0 Å². The van der Waals surface area contributed by atoms with Crippen molar-refractivity contribution in [2.45, 2.75) is 65.6 Å². The van der Waals surface area contributed by atoms with Gasteiger partial charge in [-0.2, -0.15) is 0 Å². The summed E-state index contributed by atoms with van der Waals surface area (Å²) >= 11 is 0. The molecule has 10 N–H and O–H groups in total. The van der Waals surface area contributed by atoms with Gasteiger partial charge in [0.25, 0.3) is 29.8 Å². The first-order valence-corrected chi connectivity index (χ1v) is 10.7. The molecule has 0 aliphatic heterocycles. The Hall–Kier alpha value is -4.16. The van der Waals surface area contributed by atoms with Crippen molar-refractivity contribution in [2.75, 3.05) is 6.61 Å². The van der Waals surface area contributed by atoms with Gasteiger partial charge in [-0.15, -0.1) is 0 Å². The molecule has 0 fully saturated rings. The van der Waals surface area contributed by atoms with Gasteiger partial charge in [0, 0.05) is 34.6 Å². The lowest BCUT2D eigenvalue weighted by Gasteiger charge is -2.23. The SMILES string of the molecule is CC(=O)O.CC(=O)O.CC(=O)O.CC(=O)O.CC(=O)O.OC[C@@H](O)[C@@H](O)[C@H](O)[C@@H](O)/C=N/OCc1ccccc1. The highest BCUT2D eigenvalue weighted by Gasteiger charge is 2.29. The highest BCUT2D eigenvalue weighted by molar-refractivity contribution is 5.64. The number of aliphatic carboxylic acids is 5. The summed E-state index contributed by atoms with van der Waals surface area (Å²) in [6.45, 7) is 4.88. The summed E-state index contributed by atoms with van der Waals surface area (Å²) in [5, 5.41) is 86.6. The van der Waals surface area contributed by atoms with E-state index in [2.05, 4.69) is 5.16 Å². The Morgan fingerprint density at radius 1 is 0.700 bits per heavy atom. The smallest absolute Gasteiger partial charge is 0.300 e. The number of carboxylic acids is 5. The Balaban J connectivity index is -0.000000165. The van der Waals surface area contributed by atoms with Gasteiger partial charge in [0.05, 0.1) is 12.8 Å². The minimum Gasteiger partial charge on any atom is -0.481 e. The molecular formula is C23H39NO16. The fraction of sp³-hybridized carbons (Fsp3) is 0.478. The molecule has 0 heterocycles. The van der Waals surface area contributed by atoms with E-state index in [-0.39, 0.29) is 6.61 Å². The topological polar surface area (TPSA) is 309 Å². The Kier molecular flexibility index (Phi) is 35.5. The largest absolute Gasteiger partial charge is 0.481 e. The van der Waals surface area contributed by atoms with Gasteiger partial charge in [0.1, 0.15) is 31.0 Å². The molecule has 0 amide bonds. The molecule has 0 saturated carbocycles. The van der Waals surface area contributed by atoms with Crippen molar-refractivity contribution in [2.24, 2.45) is 5.16 Å². The molecule has 1 aromatic rings. The Bertz CT molecular complexity index is 742. The number of oxime groups is 1. The second-order valence-corrected chi connectivity index (χ2v) is 6.83. The second kappa shape index (κ2) is 31.1. The molecule has 0 saturated heterocycles. The molecule has 0 aliphatic rings. The molecule has 40 heavy (non-hydrogen) atoms. The highest BCUT2D eigenvalue weighted by Crippen LogP contribution is 2.04. The van der Waals surface area contributed by atoms with E-state index in [0.717, 1.165) is 46.4 Å². The van der Waals surface area contributed by atoms with Crippen molar-refractivity contribution >= 4 is 36.1 Å². The zero-order valence-electron chi connectivity index (χ0n) is 22.6. The number of carboxylic acid groups (broad SMARTS) is 5. The molecule has 17 nitrogen and oxygen atoms in total. The third kappa shape index (κ3) is 59.1. The van der Waals surface area contributed by atoms with Gasteiger partial charge >= 0.3 is 0 Å². The van der Waals surface area contributed by atoms with Crippen LogP contribution in [0, 0.1) is 0 Å². The number of aliphatic hydroxyl groups is 5. The Labute approximate surface area is 229 Å². The summed E-state index contributed by atoms with van der Waals surface area (Å²) in [5.74, 6) is -4.17. The number of carbonyl (C=O) groups is 5. The first-order chi connectivity index (χ1) is 18.2. The van der Waals surface area contributed by atoms with Crippen LogP contribution in [0.3, 0.4) is 0 Å². The normalized spacial score (nSPS) is 11.9. The molecule has 0 aromatic heterocycles. The summed E-state index contributed by atoms with van der Waals surface area (Å²) in [7, 11) is 0. The van der Waals surface area contributed by atoms with Crippen molar-refractivity contribution in [1.82, 2.24) is 0 Å². The number of hydrogen-bond acceptors (Lipinski definition) is 12. The van der Waals surface area contributed by atoms with Crippen LogP contribution in [-0.2, 0) is 35.4 Å². The van der Waals surface area contributed by atoms with Crippen molar-refractivity contribution in [3.05, 3.63) is 35.9 Å². The number of hydrogen-bond donors (Lipinski definition) is 10. The molecule has 0 spiro atoms. The van der Waals surface area contributed by atoms with E-state index >= 15 is 0 Å². The van der Waals surface area contributed by atoms with Crippen LogP contribution in [0.15, 0.2) is 35.5 Å². The maximum absolute atomic E-state index is 9.50. The number of aliphatic hydroxyl groups excluding tert-OH is 5. The van der Waals surface area contributed by atoms with Crippen molar-refractivity contribution in [3.8, 4) is 0 Å². The summed E-state index contributed by atoms with van der Waals surface area (Å²) < 4.78 is 0. The predicted octanol–water partition coefficient (Wildman–Crippen LogP) is -0.921. The average Bonchev–Trinajstić information content (AvgIpc) is 2.79. The van der Waals surface area contributed by atoms with E-state index in [9.17, 15) is 15.3 Å². The first-order valence-electron chi connectivity index (χ1n) is 10.7. The first kappa shape index (κ1) is 45.7. The van der Waals surface area contributed by atoms with E-state index in [1.54, 1.807) is 0 Å². The third-order valence-electron chi connectivity index (χ3n) is 2.64. The fourth-order valence-electron chi connectivity index (χ4n) is 1.42. The van der Waals surface area contributed by atoms with Crippen LogP contribution < -0.4 is 0 Å². The summed E-state index contributed by atoms with van der Waals surface area (Å²) in [4.78, 5) is 49.9. The van der Waals surface area contributed by atoms with Crippen LogP contribution >= 0.6 is 0 Å². The molecule has 0 aliphatic carbocycles. The Morgan fingerprint density at radius 3 is 1.32 bits per heavy atom. The maximum Gasteiger partial charge on any atom is 0.300 e. The van der Waals surface area contributed by atoms with E-state index in [0.29, 0.717) is 0 Å². The van der Waals surface area contributed by atoms with Gasteiger partial charge in [-0.1, -0.05) is 35.5 Å². The molecule has 0 bridgehead atoms. The monoisotopic (exact) mass is 585 g/mol. The molecule has 232 valence electrons. The van der Waals surface area contributed by atoms with Crippen LogP contribution in [-0.4, -0.2) is 118 Å². The molecular weight excluding hydrogens is 546 g/mol. The van der Waals surface area contributed by atoms with Crippen molar-refractivity contribution < 1.29 is 79.9 Å². The van der Waals surface area contributed by atoms with Crippen LogP contribution in [0.5, 0.6) is 0 Å². The predicted molar refractivity (Wildman–Crippen MR) is 137 cm³/mol. The van der Waals surface area contributed by atoms with Crippen LogP contribution in [0.25, 0.3) is 0 Å². The molecule has 17 heteroatoms. The van der Waals surface area contributed by atoms with Gasteiger partial charge in [-0.05, 0) is 5.56 Å². The standard InChI is InChI=1S/C13H19NO6.5C2H4O2/c15-7-11(17)13(19)12(18)10(16)6-14-20-8-9-4-2-1-3-5-9;5*1-2(3)4/h1-6,10-13,15-19H,7-8H2;5*1H3,(H,3,4)/b14-6+;;;;;/t10-,11+,12+,13+;;;;;/m0...../s1. The third-order valence-corrected chi connectivity index (χ3v) is 2.64. The van der Waals surface area contributed by atoms with E-state index in [1.165, 1.54) is 0 Å². The number of nitrogens with zero attached hydrogens (tertiary/aromatic N) is 1. The molecule has 1 rings (SSSR count). The Morgan fingerprint density at radius 2 is 1.02 bits per heavy atom. The van der Waals surface area contributed by atoms with Crippen molar-refractivity contribution in [3.63, 3.8) is 0 Å². The number of rotatable bonds is 8. The van der Waals surface area contributed by atoms with E-state index in [1.807, 2.05) is 30.3 Å². The zero-order valence-corrected chi connectivity index (χ0v) is 22.6. The van der Waals surface area contributed by atoms with E-state index in [4.69, 9.17) is 64.6 Å². The fourth-order valence-corrected chi connectivity index (χ4v) is 1.42. The van der Waals surface area contributed by atoms with Gasteiger partial charge < -0.3 is 55.9 Å². The molecule has 0 unspecified atom stereocenters. The lowest BCUT2D eigenvalue weighted by Crippen LogP contribution is -2.46. The average molecular weight is 586 g/mol. The summed E-state index contributed by atoms with van der Waals surface area (Å²) in [6.07, 6.45) is -5.53. The van der Waals surface area contributed by atoms with Gasteiger partial charge in [-0.25, -0.2) is 0 Å². The highest BCUT2D eigenvalue weighted by atomic mass is 16.6. The maximum atomic E-state index is 9.50.